The van der Waals surface area contributed by atoms with Gasteiger partial charge >= 0.3 is 0 Å². The normalized spacial score (nSPS) is 12.4. The second-order valence-electron chi connectivity index (χ2n) is 4.25. The maximum Gasteiger partial charge on any atom is 0.0962 e. The number of hydrogen-bond acceptors (Lipinski definition) is 3. The third kappa shape index (κ3) is 3.03. The Morgan fingerprint density at radius 2 is 2.06 bits per heavy atom. The summed E-state index contributed by atoms with van der Waals surface area (Å²) in [6.45, 7) is 2.37. The highest BCUT2D eigenvalue weighted by atomic mass is 35.5. The molecule has 1 heterocycles. The van der Waals surface area contributed by atoms with Gasteiger partial charge in [-0.1, -0.05) is 23.7 Å². The number of aromatic nitrogens is 2. The molecular weight excluding hydrogens is 250 g/mol. The molecule has 2 aromatic rings. The zero-order chi connectivity index (χ0) is 13.1. The van der Waals surface area contributed by atoms with E-state index in [2.05, 4.69) is 10.4 Å². The molecule has 1 atom stereocenters. The Morgan fingerprint density at radius 1 is 1.39 bits per heavy atom. The Bertz CT molecular complexity index is 522. The maximum atomic E-state index is 10.0. The van der Waals surface area contributed by atoms with Crippen LogP contribution in [0.25, 0.3) is 0 Å². The molecule has 0 aliphatic rings. The highest BCUT2D eigenvalue weighted by molar-refractivity contribution is 6.30. The van der Waals surface area contributed by atoms with Crippen molar-refractivity contribution in [1.29, 1.82) is 0 Å². The third-order valence-electron chi connectivity index (χ3n) is 2.75. The second kappa shape index (κ2) is 5.42. The second-order valence-corrected chi connectivity index (χ2v) is 4.69. The van der Waals surface area contributed by atoms with Crippen molar-refractivity contribution in [2.24, 2.45) is 7.05 Å². The van der Waals surface area contributed by atoms with Crippen LogP contribution in [0.4, 0.5) is 5.69 Å². The Kier molecular flexibility index (Phi) is 3.89. The van der Waals surface area contributed by atoms with E-state index in [0.29, 0.717) is 11.6 Å². The highest BCUT2D eigenvalue weighted by Crippen LogP contribution is 2.18. The quantitative estimate of drug-likeness (QED) is 0.893. The molecular formula is C13H16ClN3O. The fourth-order valence-corrected chi connectivity index (χ4v) is 1.91. The van der Waals surface area contributed by atoms with Gasteiger partial charge in [0.1, 0.15) is 0 Å². The minimum Gasteiger partial charge on any atom is -0.387 e. The van der Waals surface area contributed by atoms with Crippen LogP contribution in [0, 0.1) is 6.92 Å². The summed E-state index contributed by atoms with van der Waals surface area (Å²) in [4.78, 5) is 0. The van der Waals surface area contributed by atoms with E-state index in [4.69, 9.17) is 11.6 Å². The van der Waals surface area contributed by atoms with E-state index >= 15 is 0 Å². The van der Waals surface area contributed by atoms with Crippen LogP contribution in [0.5, 0.6) is 0 Å². The van der Waals surface area contributed by atoms with Gasteiger partial charge in [-0.05, 0) is 24.6 Å². The van der Waals surface area contributed by atoms with E-state index in [9.17, 15) is 5.11 Å². The number of aliphatic hydroxyl groups is 1. The van der Waals surface area contributed by atoms with Crippen molar-refractivity contribution in [3.8, 4) is 0 Å². The fraction of sp³-hybridized carbons (Fsp3) is 0.308. The molecule has 0 bridgehead atoms. The Labute approximate surface area is 111 Å². The van der Waals surface area contributed by atoms with E-state index in [1.807, 2.05) is 32.3 Å². The lowest BCUT2D eigenvalue weighted by Gasteiger charge is -2.12. The van der Waals surface area contributed by atoms with E-state index < -0.39 is 6.10 Å². The monoisotopic (exact) mass is 265 g/mol. The van der Waals surface area contributed by atoms with Crippen LogP contribution < -0.4 is 5.32 Å². The van der Waals surface area contributed by atoms with Gasteiger partial charge in [-0.15, -0.1) is 0 Å². The third-order valence-corrected chi connectivity index (χ3v) is 3.01. The number of rotatable bonds is 4. The first-order valence-electron chi connectivity index (χ1n) is 5.74. The van der Waals surface area contributed by atoms with Crippen LogP contribution in [-0.4, -0.2) is 21.4 Å². The van der Waals surface area contributed by atoms with Crippen molar-refractivity contribution in [3.05, 3.63) is 46.7 Å². The summed E-state index contributed by atoms with van der Waals surface area (Å²) in [5, 5.41) is 18.1. The molecule has 1 aromatic heterocycles. The summed E-state index contributed by atoms with van der Waals surface area (Å²) in [7, 11) is 1.87. The van der Waals surface area contributed by atoms with Crippen LogP contribution in [-0.2, 0) is 7.05 Å². The minimum atomic E-state index is -0.568. The molecule has 0 fully saturated rings. The lowest BCUT2D eigenvalue weighted by Crippen LogP contribution is -2.12. The molecule has 0 amide bonds. The predicted molar refractivity (Wildman–Crippen MR) is 72.8 cm³/mol. The SMILES string of the molecule is Cc1nn(C)cc1NCC(O)c1ccc(Cl)cc1. The predicted octanol–water partition coefficient (Wildman–Crippen LogP) is 2.53. The van der Waals surface area contributed by atoms with Crippen LogP contribution >= 0.6 is 11.6 Å². The smallest absolute Gasteiger partial charge is 0.0962 e. The summed E-state index contributed by atoms with van der Waals surface area (Å²) in [6.07, 6.45) is 1.33. The molecule has 2 rings (SSSR count). The largest absolute Gasteiger partial charge is 0.387 e. The first-order valence-corrected chi connectivity index (χ1v) is 6.11. The van der Waals surface area contributed by atoms with Crippen molar-refractivity contribution in [1.82, 2.24) is 9.78 Å². The summed E-state index contributed by atoms with van der Waals surface area (Å²) >= 11 is 5.80. The summed E-state index contributed by atoms with van der Waals surface area (Å²) in [5.74, 6) is 0. The van der Waals surface area contributed by atoms with Gasteiger partial charge in [-0.3, -0.25) is 4.68 Å². The average Bonchev–Trinajstić information content (AvgIpc) is 2.66. The average molecular weight is 266 g/mol. The minimum absolute atomic E-state index is 0.439. The first-order chi connectivity index (χ1) is 8.56. The van der Waals surface area contributed by atoms with Crippen LogP contribution in [0.1, 0.15) is 17.4 Å². The molecule has 0 saturated heterocycles. The Morgan fingerprint density at radius 3 is 2.61 bits per heavy atom. The zero-order valence-electron chi connectivity index (χ0n) is 10.4. The number of halogens is 1. The fourth-order valence-electron chi connectivity index (χ4n) is 1.78. The van der Waals surface area contributed by atoms with E-state index in [1.165, 1.54) is 0 Å². The molecule has 0 aliphatic heterocycles. The van der Waals surface area contributed by atoms with Crippen molar-refractivity contribution >= 4 is 17.3 Å². The summed E-state index contributed by atoms with van der Waals surface area (Å²) in [5.41, 5.74) is 2.69. The molecule has 1 aromatic carbocycles. The van der Waals surface area contributed by atoms with Gasteiger partial charge in [0.15, 0.2) is 0 Å². The standard InChI is InChI=1S/C13H16ClN3O/c1-9-12(8-17(2)16-9)15-7-13(18)10-3-5-11(14)6-4-10/h3-6,8,13,15,18H,7H2,1-2H3. The van der Waals surface area contributed by atoms with Gasteiger partial charge in [0.05, 0.1) is 17.5 Å². The molecule has 1 unspecified atom stereocenters. The molecule has 4 nitrogen and oxygen atoms in total. The van der Waals surface area contributed by atoms with E-state index in [0.717, 1.165) is 16.9 Å². The topological polar surface area (TPSA) is 50.1 Å². The van der Waals surface area contributed by atoms with E-state index in [-0.39, 0.29) is 0 Å². The maximum absolute atomic E-state index is 10.0. The highest BCUT2D eigenvalue weighted by Gasteiger charge is 2.09. The Hall–Kier alpha value is -1.52. The summed E-state index contributed by atoms with van der Waals surface area (Å²) < 4.78 is 1.74. The number of benzene rings is 1. The van der Waals surface area contributed by atoms with Gasteiger partial charge in [-0.2, -0.15) is 5.10 Å². The van der Waals surface area contributed by atoms with Crippen molar-refractivity contribution in [3.63, 3.8) is 0 Å². The molecule has 2 N–H and O–H groups in total. The molecule has 0 saturated carbocycles. The van der Waals surface area contributed by atoms with Crippen molar-refractivity contribution < 1.29 is 5.11 Å². The lowest BCUT2D eigenvalue weighted by atomic mass is 10.1. The molecule has 0 spiro atoms. The van der Waals surface area contributed by atoms with Gasteiger partial charge in [0, 0.05) is 24.8 Å². The zero-order valence-corrected chi connectivity index (χ0v) is 11.1. The molecule has 18 heavy (non-hydrogen) atoms. The van der Waals surface area contributed by atoms with Gasteiger partial charge in [0.2, 0.25) is 0 Å². The number of anilines is 1. The molecule has 96 valence electrons. The van der Waals surface area contributed by atoms with Gasteiger partial charge < -0.3 is 10.4 Å². The van der Waals surface area contributed by atoms with Crippen LogP contribution in [0.3, 0.4) is 0 Å². The molecule has 0 aliphatic carbocycles. The number of aliphatic hydroxyl groups excluding tert-OH is 1. The summed E-state index contributed by atoms with van der Waals surface area (Å²) in [6, 6.07) is 7.19. The van der Waals surface area contributed by atoms with Crippen LogP contribution in [0.2, 0.25) is 5.02 Å². The lowest BCUT2D eigenvalue weighted by molar-refractivity contribution is 0.191. The van der Waals surface area contributed by atoms with Crippen molar-refractivity contribution in [2.45, 2.75) is 13.0 Å². The number of nitrogens with zero attached hydrogens (tertiary/aromatic N) is 2. The molecule has 5 heteroatoms. The Balaban J connectivity index is 1.98. The van der Waals surface area contributed by atoms with Gasteiger partial charge in [0.25, 0.3) is 0 Å². The van der Waals surface area contributed by atoms with Crippen molar-refractivity contribution in [2.75, 3.05) is 11.9 Å². The number of aryl methyl sites for hydroxylation is 2. The van der Waals surface area contributed by atoms with E-state index in [1.54, 1.807) is 16.8 Å². The number of hydrogen-bond donors (Lipinski definition) is 2. The first kappa shape index (κ1) is 12.9. The molecule has 0 radical (unpaired) electrons. The number of nitrogens with one attached hydrogen (secondary N) is 1. The van der Waals surface area contributed by atoms with Gasteiger partial charge in [-0.25, -0.2) is 0 Å². The van der Waals surface area contributed by atoms with Crippen LogP contribution in [0.15, 0.2) is 30.5 Å².